The Bertz CT molecular complexity index is 6260. The number of nitriles is 2. The van der Waals surface area contributed by atoms with Crippen molar-refractivity contribution in [3.05, 3.63) is 156 Å². The molecule has 0 saturated carbocycles. The van der Waals surface area contributed by atoms with Crippen molar-refractivity contribution >= 4 is 72.9 Å². The van der Waals surface area contributed by atoms with Crippen molar-refractivity contribution < 1.29 is 14.2 Å². The number of unbranched alkanes of at least 4 members (excludes halogenated alkanes) is 6. The molecule has 6 atom stereocenters. The smallest absolute Gasteiger partial charge is 0.332 e. The van der Waals surface area contributed by atoms with Crippen LogP contribution in [0.25, 0.3) is 67.0 Å². The summed E-state index contributed by atoms with van der Waals surface area (Å²) in [5.41, 5.74) is 6.63. The number of nitrogens with zero attached hydrogens (tertiary/aromatic N) is 24. The molecule has 0 aliphatic carbocycles. The minimum Gasteiger partial charge on any atom is -0.382 e. The first-order valence-electron chi connectivity index (χ1n) is 43.4. The van der Waals surface area contributed by atoms with Gasteiger partial charge in [0.05, 0.1) is 62.3 Å². The fraction of sp³-hybridized carbons (Fsp3) is 0.624. The van der Waals surface area contributed by atoms with Crippen molar-refractivity contribution in [2.75, 3.05) is 33.7 Å². The molecule has 0 unspecified atom stereocenters. The summed E-state index contributed by atoms with van der Waals surface area (Å²) >= 11 is 0. The maximum atomic E-state index is 12.5. The highest BCUT2D eigenvalue weighted by atomic mass is 16.5. The number of ether oxygens (including phenoxy) is 3. The molecule has 0 radical (unpaired) electrons. The molecule has 12 aromatic rings. The molecule has 5 N–H and O–H groups in total. The van der Waals surface area contributed by atoms with Crippen molar-refractivity contribution in [3.8, 4) is 12.1 Å². The molecular weight excluding hydrogens is 1650 g/mol. The quantitative estimate of drug-likeness (QED) is 0.0390. The van der Waals surface area contributed by atoms with Gasteiger partial charge in [0.1, 0.15) is 11.3 Å². The highest BCUT2D eigenvalue weighted by Crippen LogP contribution is 2.16. The van der Waals surface area contributed by atoms with E-state index in [-0.39, 0.29) is 104 Å². The van der Waals surface area contributed by atoms with Gasteiger partial charge in [-0.15, -0.1) is 0 Å². The summed E-state index contributed by atoms with van der Waals surface area (Å²) in [5.74, 6) is 1.67. The third kappa shape index (κ3) is 24.6. The number of imidazole rings is 6. The van der Waals surface area contributed by atoms with E-state index in [2.05, 4.69) is 71.2 Å². The lowest BCUT2D eigenvalue weighted by Gasteiger charge is -2.10. The zero-order valence-corrected chi connectivity index (χ0v) is 78.1. The Kier molecular flexibility index (Phi) is 38.4. The van der Waals surface area contributed by atoms with Gasteiger partial charge in [-0.1, -0.05) is 46.0 Å². The lowest BCUT2D eigenvalue weighted by Crippen LogP contribution is -2.39. The Morgan fingerprint density at radius 2 is 0.617 bits per heavy atom. The molecule has 0 bridgehead atoms. The molecule has 43 nitrogen and oxygen atoms in total. The first kappa shape index (κ1) is 103. The van der Waals surface area contributed by atoms with Gasteiger partial charge in [0.15, 0.2) is 61.5 Å². The van der Waals surface area contributed by atoms with E-state index in [1.807, 2.05) is 34.6 Å². The van der Waals surface area contributed by atoms with Crippen LogP contribution in [-0.4, -0.2) is 160 Å². The number of hydrogen-bond donors (Lipinski definition) is 4. The second-order valence-electron chi connectivity index (χ2n) is 32.7. The molecule has 0 aliphatic heterocycles. The molecule has 0 fully saturated rings. The maximum absolute atomic E-state index is 12.5. The molecule has 0 aliphatic rings. The number of rotatable bonds is 36. The number of aromatic nitrogens is 24. The van der Waals surface area contributed by atoms with Crippen LogP contribution in [0.3, 0.4) is 0 Å². The molecule has 700 valence electrons. The standard InChI is InChI=1S/C15H25N5O2.C14H23N5O3.2C14H19N5O2.2C14H22N4O3/c1-5-10(2)8-6-7-9-20-13(21)11-12(19(4)15(20)22)18-14(16-3)17-11;1-9(22-3)6-4-5-7-19-13(20)11-12(18(2)14(19)21)17-10(8-15)16-11;2*1-10(8-15)6-4-5-7-19-13(20)11-12(16-9-17(11)2)18(3)14(19)21;2*1-10(21-4)7-5-6-8-18-13(19)11-12(15-9-16(11)2)17(3)14(18)20/h10H,5-9H2,1-4H3,(H2,16,17,18);9H,4-8,15H2,1-3H3,(H,16,17);2*9-10H,4-7H2,1-3H3;2*9-10H,5-8H2,1-4H3/t10-;9-;4*10-/m011010/s1. The van der Waals surface area contributed by atoms with Gasteiger partial charge in [-0.05, 0) is 130 Å². The van der Waals surface area contributed by atoms with Crippen LogP contribution in [-0.2, 0) is 131 Å². The van der Waals surface area contributed by atoms with E-state index in [4.69, 9.17) is 30.5 Å². The van der Waals surface area contributed by atoms with E-state index < -0.39 is 0 Å². The number of aromatic amines is 2. The highest BCUT2D eigenvalue weighted by Gasteiger charge is 2.22. The lowest BCUT2D eigenvalue weighted by atomic mass is 10.0. The fourth-order valence-electron chi connectivity index (χ4n) is 14.5. The van der Waals surface area contributed by atoms with Crippen molar-refractivity contribution in [3.63, 3.8) is 0 Å². The van der Waals surface area contributed by atoms with Crippen LogP contribution in [0, 0.1) is 40.4 Å². The molecule has 0 spiro atoms. The summed E-state index contributed by atoms with van der Waals surface area (Å²) in [6.45, 7) is 16.7. The number of aryl methyl sites for hydroxylation is 10. The van der Waals surface area contributed by atoms with Crippen LogP contribution in [0.5, 0.6) is 0 Å². The first-order valence-corrected chi connectivity index (χ1v) is 43.4. The Labute approximate surface area is 737 Å². The number of hydrogen-bond acceptors (Lipinski definition) is 25. The molecule has 128 heavy (non-hydrogen) atoms. The summed E-state index contributed by atoms with van der Waals surface area (Å²) < 4.78 is 38.2. The molecule has 12 heterocycles. The van der Waals surface area contributed by atoms with Gasteiger partial charge in [-0.3, -0.25) is 83.6 Å². The Morgan fingerprint density at radius 3 is 0.875 bits per heavy atom. The van der Waals surface area contributed by atoms with E-state index in [1.165, 1.54) is 67.5 Å². The molecule has 43 heteroatoms. The zero-order valence-electron chi connectivity index (χ0n) is 78.1. The van der Waals surface area contributed by atoms with E-state index in [0.717, 1.165) is 109 Å². The van der Waals surface area contributed by atoms with Crippen LogP contribution < -0.4 is 78.5 Å². The number of nitrogens with one attached hydrogen (secondary N) is 3. The van der Waals surface area contributed by atoms with Gasteiger partial charge < -0.3 is 53.5 Å². The second kappa shape index (κ2) is 47.9. The van der Waals surface area contributed by atoms with Crippen LogP contribution >= 0.6 is 0 Å². The summed E-state index contributed by atoms with van der Waals surface area (Å²) in [4.78, 5) is 179. The van der Waals surface area contributed by atoms with Crippen molar-refractivity contribution in [1.29, 1.82) is 10.5 Å². The minimum atomic E-state index is -0.354. The molecule has 0 saturated heterocycles. The van der Waals surface area contributed by atoms with Gasteiger partial charge in [-0.2, -0.15) is 15.5 Å². The van der Waals surface area contributed by atoms with Crippen LogP contribution in [0.15, 0.2) is 82.8 Å². The van der Waals surface area contributed by atoms with Crippen LogP contribution in [0.2, 0.25) is 0 Å². The summed E-state index contributed by atoms with van der Waals surface area (Å²) in [6, 6.07) is 4.36. The van der Waals surface area contributed by atoms with Crippen LogP contribution in [0.1, 0.15) is 176 Å². The van der Waals surface area contributed by atoms with E-state index in [1.54, 1.807) is 130 Å². The fourth-order valence-corrected chi connectivity index (χ4v) is 14.5. The Morgan fingerprint density at radius 1 is 0.367 bits per heavy atom. The molecular formula is C85H130N28O15. The summed E-state index contributed by atoms with van der Waals surface area (Å²) in [5, 5.41) is 20.3. The second-order valence-corrected chi connectivity index (χ2v) is 32.7. The van der Waals surface area contributed by atoms with E-state index in [0.29, 0.717) is 137 Å². The lowest BCUT2D eigenvalue weighted by molar-refractivity contribution is 0.108. The highest BCUT2D eigenvalue weighted by molar-refractivity contribution is 5.74. The Hall–Kier alpha value is -12.5. The minimum absolute atomic E-state index is 0.00380. The van der Waals surface area contributed by atoms with E-state index in [9.17, 15) is 57.5 Å². The molecule has 0 amide bonds. The van der Waals surface area contributed by atoms with Gasteiger partial charge in [-0.25, -0.2) is 53.7 Å². The van der Waals surface area contributed by atoms with Crippen molar-refractivity contribution in [2.45, 2.75) is 235 Å². The topological polar surface area (TPSA) is 506 Å². The average molecular weight is 1780 g/mol. The number of H-pyrrole nitrogens is 2. The van der Waals surface area contributed by atoms with Gasteiger partial charge >= 0.3 is 34.1 Å². The van der Waals surface area contributed by atoms with Crippen LogP contribution in [0.4, 0.5) is 5.95 Å². The van der Waals surface area contributed by atoms with Crippen molar-refractivity contribution in [1.82, 2.24) is 113 Å². The predicted molar refractivity (Wildman–Crippen MR) is 491 cm³/mol. The molecule has 12 aromatic heterocycles. The average Bonchev–Trinajstić information content (AvgIpc) is 1.62. The normalized spacial score (nSPS) is 12.8. The largest absolute Gasteiger partial charge is 0.382 e. The number of nitrogens with two attached hydrogens (primary N) is 1. The third-order valence-corrected chi connectivity index (χ3v) is 23.2. The van der Waals surface area contributed by atoms with Crippen molar-refractivity contribution in [2.24, 2.45) is 94.0 Å². The number of methoxy groups -OCH3 is 3. The zero-order chi connectivity index (χ0) is 94.8. The van der Waals surface area contributed by atoms with E-state index >= 15 is 0 Å². The Balaban J connectivity index is 0.000000210. The summed E-state index contributed by atoms with van der Waals surface area (Å²) in [6.07, 6.45) is 23.2. The monoisotopic (exact) mass is 1780 g/mol. The maximum Gasteiger partial charge on any atom is 0.332 e. The number of anilines is 1. The molecule has 12 rings (SSSR count). The predicted octanol–water partition coefficient (Wildman–Crippen LogP) is 4.57. The van der Waals surface area contributed by atoms with Gasteiger partial charge in [0, 0.05) is 150 Å². The third-order valence-electron chi connectivity index (χ3n) is 23.2. The van der Waals surface area contributed by atoms with Gasteiger partial charge in [0.2, 0.25) is 5.95 Å². The first-order chi connectivity index (χ1) is 60.9. The number of fused-ring (bicyclic) bond motifs is 6. The molecule has 0 aromatic carbocycles. The summed E-state index contributed by atoms with van der Waals surface area (Å²) in [7, 11) is 23.5. The van der Waals surface area contributed by atoms with Gasteiger partial charge in [0.25, 0.3) is 33.4 Å². The SMILES string of the molecule is CC[C@H](C)CCCCn1c(=O)c2[nH]c(NC)nc2n(C)c1=O.CO[C@@H](C)CCCCn1c(=O)c2c(ncn2C)n(C)c1=O.CO[C@H](C)CCCCn1c(=O)c2[nH]c(CN)nc2n(C)c1=O.CO[C@H](C)CCCCn1c(=O)c2c(ncn2C)n(C)c1=O.C[C@@H](C#N)CCCCn1c(=O)c2c(ncn2C)n(C)c1=O.C[C@H](C#N)CCCCn1c(=O)c2c(ncn2C)n(C)c1=O.